The maximum Gasteiger partial charge on any atom is 0.328 e. The normalized spacial score (nSPS) is 23.3. The van der Waals surface area contributed by atoms with Gasteiger partial charge in [0.05, 0.1) is 0 Å². The third-order valence-corrected chi connectivity index (χ3v) is 1.01. The van der Waals surface area contributed by atoms with Crippen LogP contribution in [0.1, 0.15) is 0 Å². The topological polar surface area (TPSA) is 0 Å². The van der Waals surface area contributed by atoms with Crippen molar-refractivity contribution in [1.29, 1.82) is 0 Å². The molecule has 0 aliphatic heterocycles. The van der Waals surface area contributed by atoms with Crippen molar-refractivity contribution in [3.8, 4) is 0 Å². The molecule has 0 amide bonds. The highest BCUT2D eigenvalue weighted by atomic mass is 19.3. The summed E-state index contributed by atoms with van der Waals surface area (Å²) < 4.78 is 56.9. The van der Waals surface area contributed by atoms with Crippen LogP contribution in [0.4, 0.5) is 22.0 Å². The summed E-state index contributed by atoms with van der Waals surface area (Å²) in [4.78, 5) is 0. The van der Waals surface area contributed by atoms with Gasteiger partial charge in [0.25, 0.3) is 6.43 Å². The summed E-state index contributed by atoms with van der Waals surface area (Å²) in [7, 11) is 0. The second-order valence-electron chi connectivity index (χ2n) is 1.60. The molecule has 1 rings (SSSR count). The molecule has 0 atom stereocenters. The third-order valence-electron chi connectivity index (χ3n) is 1.01. The molecule has 0 bridgehead atoms. The van der Waals surface area contributed by atoms with Crippen LogP contribution in [0.25, 0.3) is 0 Å². The van der Waals surface area contributed by atoms with Crippen LogP contribution in [-0.2, 0) is 0 Å². The van der Waals surface area contributed by atoms with Crippen LogP contribution in [0.5, 0.6) is 0 Å². The van der Waals surface area contributed by atoms with Gasteiger partial charge in [0.2, 0.25) is 0 Å². The van der Waals surface area contributed by atoms with Gasteiger partial charge in [-0.2, -0.15) is 8.78 Å². The van der Waals surface area contributed by atoms with Crippen LogP contribution >= 0.6 is 0 Å². The zero-order chi connectivity index (χ0) is 7.23. The van der Waals surface area contributed by atoms with Crippen LogP contribution in [0.15, 0.2) is 11.4 Å². The van der Waals surface area contributed by atoms with Crippen molar-refractivity contribution in [3.05, 3.63) is 11.4 Å². The van der Waals surface area contributed by atoms with E-state index in [2.05, 4.69) is 0 Å². The van der Waals surface area contributed by atoms with Gasteiger partial charge in [-0.25, -0.2) is 13.2 Å². The number of hydrogen-bond acceptors (Lipinski definition) is 0. The van der Waals surface area contributed by atoms with E-state index in [0.717, 1.165) is 0 Å². The number of rotatable bonds is 1. The summed E-state index contributed by atoms with van der Waals surface area (Å²) in [5, 5.41) is 0. The Labute approximate surface area is 47.0 Å². The minimum absolute atomic E-state index is 1.66. The minimum atomic E-state index is -3.94. The third kappa shape index (κ3) is 0.710. The lowest BCUT2D eigenvalue weighted by atomic mass is 10.5. The Bertz CT molecular complexity index is 168. The second kappa shape index (κ2) is 1.46. The van der Waals surface area contributed by atoms with E-state index in [4.69, 9.17) is 0 Å². The van der Waals surface area contributed by atoms with Crippen molar-refractivity contribution in [2.24, 2.45) is 0 Å². The maximum absolute atomic E-state index is 11.5. The molecular weight excluding hydrogens is 143 g/mol. The molecule has 52 valence electrons. The summed E-state index contributed by atoms with van der Waals surface area (Å²) in [5.41, 5.74) is -1.66. The van der Waals surface area contributed by atoms with E-state index >= 15 is 0 Å². The molecule has 0 N–H and O–H groups in total. The quantitative estimate of drug-likeness (QED) is 0.494. The molecule has 1 aliphatic carbocycles. The van der Waals surface area contributed by atoms with E-state index in [0.29, 0.717) is 0 Å². The Balaban J connectivity index is 2.68. The van der Waals surface area contributed by atoms with E-state index < -0.39 is 23.7 Å². The molecule has 0 radical (unpaired) electrons. The molecule has 5 heteroatoms. The predicted octanol–water partition coefficient (Wildman–Crippen LogP) is 2.12. The Morgan fingerprint density at radius 1 is 1.22 bits per heavy atom. The molecule has 0 aromatic carbocycles. The Kier molecular flexibility index (Phi) is 1.05. The highest BCUT2D eigenvalue weighted by molar-refractivity contribution is 5.45. The fourth-order valence-corrected chi connectivity index (χ4v) is 0.457. The smallest absolute Gasteiger partial charge is 0.205 e. The van der Waals surface area contributed by atoms with E-state index in [9.17, 15) is 22.0 Å². The second-order valence-corrected chi connectivity index (χ2v) is 1.60. The van der Waals surface area contributed by atoms with Gasteiger partial charge >= 0.3 is 5.92 Å². The lowest BCUT2D eigenvalue weighted by Gasteiger charge is -1.91. The van der Waals surface area contributed by atoms with Crippen molar-refractivity contribution in [2.75, 3.05) is 0 Å². The average Bonchev–Trinajstić information content (AvgIpc) is 2.07. The molecule has 0 saturated heterocycles. The van der Waals surface area contributed by atoms with E-state index in [1.807, 2.05) is 0 Å². The van der Waals surface area contributed by atoms with E-state index in [-0.39, 0.29) is 0 Å². The largest absolute Gasteiger partial charge is 0.328 e. The molecule has 9 heavy (non-hydrogen) atoms. The molecule has 0 spiro atoms. The molecule has 1 aliphatic rings. The van der Waals surface area contributed by atoms with Gasteiger partial charge in [0, 0.05) is 0 Å². The van der Waals surface area contributed by atoms with Crippen molar-refractivity contribution in [2.45, 2.75) is 12.3 Å². The molecule has 0 nitrogen and oxygen atoms in total. The van der Waals surface area contributed by atoms with Gasteiger partial charge in [0.15, 0.2) is 5.83 Å². The van der Waals surface area contributed by atoms with Gasteiger partial charge < -0.3 is 0 Å². The van der Waals surface area contributed by atoms with Crippen LogP contribution in [0, 0.1) is 0 Å². The average molecular weight is 144 g/mol. The van der Waals surface area contributed by atoms with Crippen LogP contribution < -0.4 is 0 Å². The highest BCUT2D eigenvalue weighted by Crippen LogP contribution is 2.52. The monoisotopic (exact) mass is 144 g/mol. The summed E-state index contributed by atoms with van der Waals surface area (Å²) in [6.07, 6.45) is -3.36. The highest BCUT2D eigenvalue weighted by Gasteiger charge is 2.62. The van der Waals surface area contributed by atoms with Crippen molar-refractivity contribution in [1.82, 2.24) is 0 Å². The molecular formula is C4HF5. The molecule has 0 aromatic rings. The fraction of sp³-hybridized carbons (Fsp3) is 0.500. The summed E-state index contributed by atoms with van der Waals surface area (Å²) >= 11 is 0. The van der Waals surface area contributed by atoms with Crippen molar-refractivity contribution >= 4 is 0 Å². The van der Waals surface area contributed by atoms with E-state index in [1.54, 1.807) is 0 Å². The van der Waals surface area contributed by atoms with E-state index in [1.165, 1.54) is 0 Å². The van der Waals surface area contributed by atoms with Crippen LogP contribution in [0.3, 0.4) is 0 Å². The van der Waals surface area contributed by atoms with Crippen molar-refractivity contribution in [3.63, 3.8) is 0 Å². The first-order valence-corrected chi connectivity index (χ1v) is 2.04. The van der Waals surface area contributed by atoms with Gasteiger partial charge in [-0.1, -0.05) is 0 Å². The Morgan fingerprint density at radius 3 is 1.56 bits per heavy atom. The first-order chi connectivity index (χ1) is 3.98. The standard InChI is InChI=1S/C4HF5/c5-2-1(3(6)7)4(2,8)9/h3H. The molecule has 0 saturated carbocycles. The van der Waals surface area contributed by atoms with Crippen molar-refractivity contribution < 1.29 is 22.0 Å². The molecule has 0 unspecified atom stereocenters. The van der Waals surface area contributed by atoms with Gasteiger partial charge in [-0.15, -0.1) is 0 Å². The summed E-state index contributed by atoms with van der Waals surface area (Å²) in [6.45, 7) is 0. The van der Waals surface area contributed by atoms with Gasteiger partial charge in [-0.3, -0.25) is 0 Å². The fourth-order valence-electron chi connectivity index (χ4n) is 0.457. The maximum atomic E-state index is 11.5. The SMILES string of the molecule is FC1=C(C(F)F)C1(F)F. The van der Waals surface area contributed by atoms with Crippen LogP contribution in [-0.4, -0.2) is 12.3 Å². The first-order valence-electron chi connectivity index (χ1n) is 2.04. The number of allylic oxidation sites excluding steroid dienone is 2. The predicted molar refractivity (Wildman–Crippen MR) is 19.1 cm³/mol. The van der Waals surface area contributed by atoms with Gasteiger partial charge in [0.1, 0.15) is 5.57 Å². The lowest BCUT2D eigenvalue weighted by molar-refractivity contribution is 0.0861. The summed E-state index contributed by atoms with van der Waals surface area (Å²) in [5.74, 6) is -5.91. The first kappa shape index (κ1) is 6.51. The molecule has 0 aromatic heterocycles. The zero-order valence-corrected chi connectivity index (χ0v) is 3.97. The minimum Gasteiger partial charge on any atom is -0.205 e. The lowest BCUT2D eigenvalue weighted by Crippen LogP contribution is -2.01. The van der Waals surface area contributed by atoms with Crippen LogP contribution in [0.2, 0.25) is 0 Å². The Morgan fingerprint density at radius 2 is 1.56 bits per heavy atom. The molecule has 0 heterocycles. The molecule has 0 fully saturated rings. The number of alkyl halides is 4. The summed E-state index contributed by atoms with van der Waals surface area (Å²) in [6, 6.07) is 0. The Hall–Kier alpha value is -0.610. The van der Waals surface area contributed by atoms with Gasteiger partial charge in [-0.05, 0) is 0 Å². The number of halogens is 5. The number of hydrogen-bond donors (Lipinski definition) is 0. The zero-order valence-electron chi connectivity index (χ0n) is 3.97.